The zero-order valence-electron chi connectivity index (χ0n) is 35.3. The first-order chi connectivity index (χ1) is 28.5. The van der Waals surface area contributed by atoms with E-state index in [4.69, 9.17) is 19.2 Å². The van der Waals surface area contributed by atoms with Crippen molar-refractivity contribution in [3.8, 4) is 5.88 Å². The summed E-state index contributed by atoms with van der Waals surface area (Å²) in [6, 6.07) is 5.83. The number of pyridine rings is 1. The lowest BCUT2D eigenvalue weighted by atomic mass is 9.85. The number of carbonyl (C=O) groups excluding carboxylic acids is 4. The first kappa shape index (κ1) is 42.4. The summed E-state index contributed by atoms with van der Waals surface area (Å²) in [4.78, 5) is 65.6. The third-order valence-electron chi connectivity index (χ3n) is 13.6. The van der Waals surface area contributed by atoms with Crippen LogP contribution in [0, 0.1) is 17.3 Å². The monoisotopic (exact) mass is 848 g/mol. The highest BCUT2D eigenvalue weighted by atomic mass is 32.2. The highest BCUT2D eigenvalue weighted by Crippen LogP contribution is 2.47. The van der Waals surface area contributed by atoms with Crippen LogP contribution in [0.5, 0.6) is 5.88 Å². The lowest BCUT2D eigenvalue weighted by Gasteiger charge is -2.35. The fourth-order valence-corrected chi connectivity index (χ4v) is 10.4. The molecule has 2 aromatic rings. The first-order valence-corrected chi connectivity index (χ1v) is 23.2. The quantitative estimate of drug-likeness (QED) is 0.325. The second-order valence-electron chi connectivity index (χ2n) is 19.1. The number of hydrogen-bond acceptors (Lipinski definition) is 11. The molecule has 1 aromatic heterocycles. The number of sulfonamides is 1. The van der Waals surface area contributed by atoms with Gasteiger partial charge in [0.05, 0.1) is 30.0 Å². The van der Waals surface area contributed by atoms with E-state index in [2.05, 4.69) is 32.9 Å². The van der Waals surface area contributed by atoms with Gasteiger partial charge in [-0.25, -0.2) is 18.2 Å². The maximum atomic E-state index is 14.8. The van der Waals surface area contributed by atoms with Gasteiger partial charge >= 0.3 is 6.09 Å². The number of alkyl carbamates (subject to hydrolysis) is 1. The van der Waals surface area contributed by atoms with E-state index in [-0.39, 0.29) is 31.4 Å². The number of nitrogens with one attached hydrogen (secondary N) is 3. The summed E-state index contributed by atoms with van der Waals surface area (Å²) in [5, 5.41) is 6.77. The number of fused-ring (bicyclic) bond motifs is 5. The first-order valence-electron chi connectivity index (χ1n) is 21.7. The summed E-state index contributed by atoms with van der Waals surface area (Å²) in [5.74, 6) is -1.76. The molecule has 3 aliphatic heterocycles. The summed E-state index contributed by atoms with van der Waals surface area (Å²) in [6.07, 6.45) is 6.28. The molecule has 1 aromatic carbocycles. The third-order valence-corrected chi connectivity index (χ3v) is 15.7. The second-order valence-corrected chi connectivity index (χ2v) is 21.3. The van der Waals surface area contributed by atoms with Crippen LogP contribution in [0.25, 0.3) is 10.9 Å². The molecule has 7 atom stereocenters. The van der Waals surface area contributed by atoms with Gasteiger partial charge in [-0.1, -0.05) is 57.9 Å². The Morgan fingerprint density at radius 2 is 1.82 bits per heavy atom. The highest BCUT2D eigenvalue weighted by molar-refractivity contribution is 7.91. The molecule has 6 aliphatic rings. The van der Waals surface area contributed by atoms with Crippen molar-refractivity contribution >= 4 is 44.7 Å². The third kappa shape index (κ3) is 8.61. The van der Waals surface area contributed by atoms with E-state index >= 15 is 0 Å². The molecule has 0 radical (unpaired) electrons. The average Bonchev–Trinajstić information content (AvgIpc) is 4.16. The number of amides is 4. The molecule has 15 nitrogen and oxygen atoms in total. The van der Waals surface area contributed by atoms with Crippen LogP contribution in [0.3, 0.4) is 0 Å². The molecule has 16 heteroatoms. The van der Waals surface area contributed by atoms with Crippen LogP contribution in [-0.2, 0) is 46.8 Å². The Kier molecular flexibility index (Phi) is 11.5. The number of ether oxygens (including phenoxy) is 3. The Balaban J connectivity index is 1.15. The Labute approximate surface area is 352 Å². The lowest BCUT2D eigenvalue weighted by molar-refractivity contribution is -0.142. The number of nitrogens with zero attached hydrogens (tertiary/aromatic N) is 3. The molecule has 0 spiro atoms. The minimum Gasteiger partial charge on any atom is -0.472 e. The van der Waals surface area contributed by atoms with Crippen molar-refractivity contribution in [3.63, 3.8) is 0 Å². The van der Waals surface area contributed by atoms with Crippen molar-refractivity contribution in [1.29, 1.82) is 0 Å². The Morgan fingerprint density at radius 3 is 2.52 bits per heavy atom. The van der Waals surface area contributed by atoms with Gasteiger partial charge in [0.1, 0.15) is 29.8 Å². The van der Waals surface area contributed by atoms with Crippen molar-refractivity contribution < 1.29 is 41.8 Å². The van der Waals surface area contributed by atoms with Gasteiger partial charge in [-0.3, -0.25) is 24.0 Å². The second kappa shape index (κ2) is 16.2. The molecule has 5 fully saturated rings. The standard InChI is InChI=1S/C44H60N6O9S/c1-6-28-24-44(28,40(53)48-60(55,56)43(5)16-17-43)47-37(51)34-23-29-25-50(34)39(52)36(42(2,3)4)46-41(54)59-35-22-27(35)12-8-7-9-14-31-32(26-49-18-20-57-21-19-49)30-13-10-11-15-33(30)45-38(31)58-29/h6,10-11,13,15,27-29,34-36H,1,7-9,12,14,16-26H2,2-5H3,(H,46,54)(H,47,51)(H,48,53)/t27-,28-,29-,34+,35-,36-,44-/m1/s1. The molecule has 4 heterocycles. The van der Waals surface area contributed by atoms with Crippen molar-refractivity contribution in [3.05, 3.63) is 48.0 Å². The predicted octanol–water partition coefficient (Wildman–Crippen LogP) is 4.12. The highest BCUT2D eigenvalue weighted by Gasteiger charge is 2.63. The fraction of sp³-hybridized carbons (Fsp3) is 0.659. The van der Waals surface area contributed by atoms with Gasteiger partial charge in [0.2, 0.25) is 27.7 Å². The van der Waals surface area contributed by atoms with Crippen LogP contribution in [0.4, 0.5) is 4.79 Å². The van der Waals surface area contributed by atoms with E-state index in [1.807, 2.05) is 39.0 Å². The smallest absolute Gasteiger partial charge is 0.408 e. The molecule has 3 saturated carbocycles. The number of rotatable bonds is 8. The number of para-hydroxylation sites is 1. The zero-order chi connectivity index (χ0) is 42.6. The topological polar surface area (TPSA) is 186 Å². The molecule has 326 valence electrons. The normalized spacial score (nSPS) is 30.9. The van der Waals surface area contributed by atoms with Gasteiger partial charge in [0, 0.05) is 42.9 Å². The largest absolute Gasteiger partial charge is 0.472 e. The number of morpholine rings is 1. The maximum absolute atomic E-state index is 14.8. The Hall–Kier alpha value is -4.28. The van der Waals surface area contributed by atoms with E-state index in [0.717, 1.165) is 67.2 Å². The van der Waals surface area contributed by atoms with Crippen LogP contribution in [0.15, 0.2) is 36.9 Å². The van der Waals surface area contributed by atoms with Gasteiger partial charge in [-0.05, 0) is 74.8 Å². The zero-order valence-corrected chi connectivity index (χ0v) is 36.1. The van der Waals surface area contributed by atoms with Gasteiger partial charge in [-0.2, -0.15) is 0 Å². The van der Waals surface area contributed by atoms with Crippen LogP contribution < -0.4 is 20.1 Å². The number of benzene rings is 1. The minimum atomic E-state index is -4.00. The van der Waals surface area contributed by atoms with Crippen LogP contribution in [-0.4, -0.2) is 114 Å². The number of aromatic nitrogens is 1. The Bertz CT molecular complexity index is 2150. The summed E-state index contributed by atoms with van der Waals surface area (Å²) in [5.41, 5.74) is 0.577. The molecular formula is C44H60N6O9S. The molecule has 3 aliphatic carbocycles. The molecule has 2 bridgehead atoms. The molecule has 4 amide bonds. The average molecular weight is 849 g/mol. The molecule has 2 saturated heterocycles. The van der Waals surface area contributed by atoms with E-state index in [9.17, 15) is 27.6 Å². The van der Waals surface area contributed by atoms with Gasteiger partial charge in [-0.15, -0.1) is 6.58 Å². The molecular weight excluding hydrogens is 789 g/mol. The summed E-state index contributed by atoms with van der Waals surface area (Å²) < 4.78 is 45.9. The van der Waals surface area contributed by atoms with Gasteiger partial charge in [0.25, 0.3) is 5.91 Å². The van der Waals surface area contributed by atoms with Crippen molar-refractivity contribution in [2.24, 2.45) is 17.3 Å². The van der Waals surface area contributed by atoms with Crippen molar-refractivity contribution in [2.75, 3.05) is 32.8 Å². The van der Waals surface area contributed by atoms with Gasteiger partial charge in [0.15, 0.2) is 0 Å². The van der Waals surface area contributed by atoms with Gasteiger partial charge < -0.3 is 29.7 Å². The molecule has 3 N–H and O–H groups in total. The Morgan fingerprint density at radius 1 is 1.07 bits per heavy atom. The predicted molar refractivity (Wildman–Crippen MR) is 223 cm³/mol. The van der Waals surface area contributed by atoms with E-state index < -0.39 is 73.6 Å². The summed E-state index contributed by atoms with van der Waals surface area (Å²) >= 11 is 0. The van der Waals surface area contributed by atoms with Crippen molar-refractivity contribution in [2.45, 2.75) is 133 Å². The molecule has 0 unspecified atom stereocenters. The van der Waals surface area contributed by atoms with Crippen LogP contribution in [0.1, 0.15) is 96.6 Å². The minimum absolute atomic E-state index is 0.00547. The van der Waals surface area contributed by atoms with E-state index in [0.29, 0.717) is 44.9 Å². The summed E-state index contributed by atoms with van der Waals surface area (Å²) in [7, 11) is -4.00. The van der Waals surface area contributed by atoms with Crippen LogP contribution >= 0.6 is 0 Å². The lowest BCUT2D eigenvalue weighted by Crippen LogP contribution is -2.60. The number of hydrogen-bond donors (Lipinski definition) is 3. The maximum Gasteiger partial charge on any atom is 0.408 e. The van der Waals surface area contributed by atoms with Crippen molar-refractivity contribution in [1.82, 2.24) is 30.1 Å². The summed E-state index contributed by atoms with van der Waals surface area (Å²) in [6.45, 7) is 14.5. The number of carbonyl (C=O) groups is 4. The fourth-order valence-electron chi connectivity index (χ4n) is 9.12. The molecule has 8 rings (SSSR count). The van der Waals surface area contributed by atoms with E-state index in [1.165, 1.54) is 11.0 Å². The van der Waals surface area contributed by atoms with Crippen LogP contribution in [0.2, 0.25) is 0 Å². The van der Waals surface area contributed by atoms with E-state index in [1.54, 1.807) is 6.92 Å². The SMILES string of the molecule is C=C[C@@H]1C[C@]1(NC(=O)[C@@H]1C[C@@H]2CN1C(=O)[C@H](C(C)(C)C)NC(=O)O[C@@H]1C[C@H]1CCCCCc1c(nc3ccccc3c1CN1CCOCC1)O2)C(=O)NS(=O)(=O)C1(C)CC1. The molecule has 60 heavy (non-hydrogen) atoms.